The first-order chi connectivity index (χ1) is 18.2. The average molecular weight is 552 g/mol. The van der Waals surface area contributed by atoms with Gasteiger partial charge in [0.1, 0.15) is 0 Å². The number of fused-ring (bicyclic) bond motifs is 2. The topological polar surface area (TPSA) is 136 Å². The quantitative estimate of drug-likeness (QED) is 0.563. The number of hydrogen-bond acceptors (Lipinski definition) is 9. The first kappa shape index (κ1) is 28.3. The molecule has 12 nitrogen and oxygen atoms in total. The van der Waals surface area contributed by atoms with Gasteiger partial charge in [-0.25, -0.2) is 13.1 Å². The number of carbonyl (C=O) groups excluding carboxylic acids is 1. The van der Waals surface area contributed by atoms with Gasteiger partial charge in [0.15, 0.2) is 11.5 Å². The van der Waals surface area contributed by atoms with Gasteiger partial charge in [-0.1, -0.05) is 12.1 Å². The highest BCUT2D eigenvalue weighted by atomic mass is 32.2. The summed E-state index contributed by atoms with van der Waals surface area (Å²) in [5.74, 6) is 0.611. The number of ether oxygens (including phenoxy) is 3. The van der Waals surface area contributed by atoms with Crippen molar-refractivity contribution in [3.63, 3.8) is 0 Å². The van der Waals surface area contributed by atoms with E-state index in [1.807, 2.05) is 6.92 Å². The monoisotopic (exact) mass is 551 g/mol. The van der Waals surface area contributed by atoms with Crippen LogP contribution in [0.5, 0.6) is 11.5 Å². The molecule has 0 fully saturated rings. The fourth-order valence-electron chi connectivity index (χ4n) is 4.58. The number of aliphatic hydroxyl groups is 1. The van der Waals surface area contributed by atoms with Crippen LogP contribution in [0.25, 0.3) is 0 Å². The Labute approximate surface area is 223 Å². The van der Waals surface area contributed by atoms with Crippen molar-refractivity contribution in [3.05, 3.63) is 30.1 Å². The molecule has 0 saturated heterocycles. The molecule has 0 unspecified atom stereocenters. The normalized spacial score (nSPS) is 22.2. The molecule has 3 heterocycles. The summed E-state index contributed by atoms with van der Waals surface area (Å²) in [7, 11) is -2.38. The van der Waals surface area contributed by atoms with E-state index < -0.39 is 16.1 Å². The third-order valence-electron chi connectivity index (χ3n) is 7.00. The van der Waals surface area contributed by atoms with Crippen molar-refractivity contribution in [2.45, 2.75) is 63.3 Å². The Balaban J connectivity index is 1.58. The van der Waals surface area contributed by atoms with Gasteiger partial charge >= 0.3 is 0 Å². The van der Waals surface area contributed by atoms with Crippen molar-refractivity contribution in [1.82, 2.24) is 24.2 Å². The molecule has 2 aliphatic rings. The molecule has 1 N–H and O–H groups in total. The number of aromatic nitrogens is 3. The van der Waals surface area contributed by atoms with E-state index in [-0.39, 0.29) is 42.5 Å². The van der Waals surface area contributed by atoms with Crippen molar-refractivity contribution in [2.75, 3.05) is 40.0 Å². The molecule has 4 rings (SSSR count). The summed E-state index contributed by atoms with van der Waals surface area (Å²) in [6.45, 7) is 5.58. The van der Waals surface area contributed by atoms with Crippen LogP contribution in [0.1, 0.15) is 38.8 Å². The van der Waals surface area contributed by atoms with Crippen molar-refractivity contribution in [1.29, 1.82) is 0 Å². The summed E-state index contributed by atoms with van der Waals surface area (Å²) in [5, 5.41) is 17.8. The van der Waals surface area contributed by atoms with Crippen LogP contribution in [-0.4, -0.2) is 95.7 Å². The second-order valence-corrected chi connectivity index (χ2v) is 11.9. The van der Waals surface area contributed by atoms with E-state index in [4.69, 9.17) is 14.2 Å². The number of aryl methyl sites for hydroxylation is 1. The first-order valence-electron chi connectivity index (χ1n) is 13.0. The lowest BCUT2D eigenvalue weighted by Gasteiger charge is -2.35. The fraction of sp³-hybridized carbons (Fsp3) is 0.640. The average Bonchev–Trinajstić information content (AvgIpc) is 3.21. The van der Waals surface area contributed by atoms with Gasteiger partial charge < -0.3 is 24.2 Å². The summed E-state index contributed by atoms with van der Waals surface area (Å²) in [4.78, 5) is 14.8. The van der Waals surface area contributed by atoms with Gasteiger partial charge in [-0.15, -0.1) is 5.10 Å². The third-order valence-corrected chi connectivity index (χ3v) is 8.82. The van der Waals surface area contributed by atoms with E-state index in [1.165, 1.54) is 23.5 Å². The number of likely N-dealkylation sites (N-methyl/N-ethyl adjacent to an activating group) is 1. The molecule has 2 aliphatic heterocycles. The summed E-state index contributed by atoms with van der Waals surface area (Å²) in [5.41, 5.74) is 0.754. The summed E-state index contributed by atoms with van der Waals surface area (Å²) < 4.78 is 47.6. The molecule has 0 bridgehead atoms. The van der Waals surface area contributed by atoms with E-state index >= 15 is 0 Å². The molecule has 3 atom stereocenters. The number of rotatable bonds is 6. The number of sulfonamides is 1. The lowest BCUT2D eigenvalue weighted by Crippen LogP contribution is -2.47. The maximum absolute atomic E-state index is 13.5. The number of benzene rings is 1. The predicted octanol–water partition coefficient (Wildman–Crippen LogP) is 1.28. The molecular formula is C25H37N5O7S. The summed E-state index contributed by atoms with van der Waals surface area (Å²) >= 11 is 0. The Bertz CT molecular complexity index is 1200. The number of aliphatic hydroxyl groups excluding tert-OH is 1. The highest BCUT2D eigenvalue weighted by Gasteiger charge is 2.32. The van der Waals surface area contributed by atoms with Gasteiger partial charge in [-0.3, -0.25) is 4.79 Å². The Kier molecular flexibility index (Phi) is 9.23. The van der Waals surface area contributed by atoms with E-state index in [1.54, 1.807) is 28.8 Å². The van der Waals surface area contributed by atoms with Gasteiger partial charge in [0.05, 0.1) is 55.4 Å². The van der Waals surface area contributed by atoms with Gasteiger partial charge in [0, 0.05) is 51.5 Å². The van der Waals surface area contributed by atoms with Crippen molar-refractivity contribution < 1.29 is 32.5 Å². The van der Waals surface area contributed by atoms with Crippen LogP contribution < -0.4 is 9.47 Å². The van der Waals surface area contributed by atoms with Crippen molar-refractivity contribution >= 4 is 15.9 Å². The Morgan fingerprint density at radius 2 is 1.97 bits per heavy atom. The molecule has 38 heavy (non-hydrogen) atoms. The second-order valence-electron chi connectivity index (χ2n) is 9.90. The van der Waals surface area contributed by atoms with Crippen molar-refractivity contribution in [2.24, 2.45) is 5.92 Å². The maximum atomic E-state index is 13.5. The molecule has 1 aromatic carbocycles. The molecular weight excluding hydrogens is 514 g/mol. The molecule has 2 aromatic rings. The molecule has 13 heteroatoms. The lowest BCUT2D eigenvalue weighted by molar-refractivity contribution is -0.136. The zero-order valence-corrected chi connectivity index (χ0v) is 23.0. The highest BCUT2D eigenvalue weighted by Crippen LogP contribution is 2.33. The Morgan fingerprint density at radius 1 is 1.21 bits per heavy atom. The van der Waals surface area contributed by atoms with E-state index in [0.29, 0.717) is 50.6 Å². The molecule has 1 aromatic heterocycles. The molecule has 0 spiro atoms. The minimum atomic E-state index is -3.89. The van der Waals surface area contributed by atoms with Crippen LogP contribution in [0.2, 0.25) is 0 Å². The van der Waals surface area contributed by atoms with Gasteiger partial charge in [-0.05, 0) is 25.5 Å². The fourth-order valence-corrected chi connectivity index (χ4v) is 5.78. The van der Waals surface area contributed by atoms with E-state index in [2.05, 4.69) is 10.3 Å². The van der Waals surface area contributed by atoms with Gasteiger partial charge in [0.25, 0.3) is 0 Å². The zero-order valence-electron chi connectivity index (χ0n) is 22.2. The molecule has 0 saturated carbocycles. The number of amides is 1. The number of nitrogens with zero attached hydrogens (tertiary/aromatic N) is 5. The van der Waals surface area contributed by atoms with Crippen LogP contribution in [-0.2, 0) is 32.7 Å². The van der Waals surface area contributed by atoms with Crippen LogP contribution in [0.15, 0.2) is 29.3 Å². The van der Waals surface area contributed by atoms with Crippen LogP contribution in [0.3, 0.4) is 0 Å². The van der Waals surface area contributed by atoms with Crippen LogP contribution in [0, 0.1) is 5.92 Å². The maximum Gasteiger partial charge on any atom is 0.243 e. The van der Waals surface area contributed by atoms with E-state index in [9.17, 15) is 18.3 Å². The minimum absolute atomic E-state index is 0.0506. The zero-order chi connectivity index (χ0) is 27.3. The predicted molar refractivity (Wildman–Crippen MR) is 137 cm³/mol. The molecule has 0 radical (unpaired) electrons. The SMILES string of the molecule is C[C@@H]1CN([C@H](C)CO)C(=O)CCCn2nncc2CO[C@H]1CN(C)S(=O)(=O)c1ccc2c(c1)OCCCO2. The largest absolute Gasteiger partial charge is 0.490 e. The molecule has 1 amide bonds. The van der Waals surface area contributed by atoms with Gasteiger partial charge in [0.2, 0.25) is 15.9 Å². The second kappa shape index (κ2) is 12.4. The Morgan fingerprint density at radius 3 is 2.74 bits per heavy atom. The number of hydrogen-bond donors (Lipinski definition) is 1. The van der Waals surface area contributed by atoms with Crippen LogP contribution in [0.4, 0.5) is 0 Å². The van der Waals surface area contributed by atoms with Crippen molar-refractivity contribution in [3.8, 4) is 11.5 Å². The lowest BCUT2D eigenvalue weighted by atomic mass is 10.0. The smallest absolute Gasteiger partial charge is 0.243 e. The highest BCUT2D eigenvalue weighted by molar-refractivity contribution is 7.89. The summed E-state index contributed by atoms with van der Waals surface area (Å²) in [6, 6.07) is 4.24. The number of carbonyl (C=O) groups is 1. The minimum Gasteiger partial charge on any atom is -0.490 e. The first-order valence-corrected chi connectivity index (χ1v) is 14.4. The van der Waals surface area contributed by atoms with Crippen LogP contribution >= 0.6 is 0 Å². The summed E-state index contributed by atoms with van der Waals surface area (Å²) in [6.07, 6.45) is 2.67. The standard InChI is InChI=1S/C25H37N5O7S/c1-18-14-29(19(2)16-31)25(32)6-4-9-30-20(13-26-27-30)17-37-24(18)15-28(3)38(33,34)21-7-8-22-23(12-21)36-11-5-10-35-22/h7-8,12-13,18-19,24,31H,4-6,9-11,14-17H2,1-3H3/t18-,19-,24+/m1/s1. The van der Waals surface area contributed by atoms with E-state index in [0.717, 1.165) is 12.1 Å². The third kappa shape index (κ3) is 6.45. The molecule has 0 aliphatic carbocycles. The van der Waals surface area contributed by atoms with Gasteiger partial charge in [-0.2, -0.15) is 4.31 Å². The Hall–Kier alpha value is -2.74. The molecule has 210 valence electrons.